The average molecular weight is 361 g/mol. The average Bonchev–Trinajstić information content (AvgIpc) is 2.55. The van der Waals surface area contributed by atoms with Crippen molar-refractivity contribution in [1.29, 1.82) is 0 Å². The third kappa shape index (κ3) is 6.80. The van der Waals surface area contributed by atoms with Gasteiger partial charge in [-0.05, 0) is 62.7 Å². The normalized spacial score (nSPS) is 10.8. The molecule has 0 atom stereocenters. The van der Waals surface area contributed by atoms with Gasteiger partial charge in [-0.15, -0.1) is 0 Å². The van der Waals surface area contributed by atoms with Crippen molar-refractivity contribution in [2.75, 3.05) is 0 Å². The molecule has 1 amide bonds. The largest absolute Gasteiger partial charge is 0.519 e. The van der Waals surface area contributed by atoms with Gasteiger partial charge >= 0.3 is 12.2 Å². The molecule has 26 heavy (non-hydrogen) atoms. The monoisotopic (exact) mass is 361 g/mol. The Morgan fingerprint density at radius 1 is 0.923 bits per heavy atom. The summed E-state index contributed by atoms with van der Waals surface area (Å²) in [7, 11) is 0. The second-order valence-electron chi connectivity index (χ2n) is 6.50. The number of amides is 1. The number of benzene rings is 2. The summed E-state index contributed by atoms with van der Waals surface area (Å²) in [6.45, 7) is 5.64. The Kier molecular flexibility index (Phi) is 6.16. The van der Waals surface area contributed by atoms with Crippen molar-refractivity contribution < 1.29 is 28.2 Å². The minimum Gasteiger partial charge on any atom is -0.445 e. The molecule has 7 heteroatoms. The molecule has 2 aromatic carbocycles. The maximum atomic E-state index is 12.8. The number of ether oxygens (including phenoxy) is 3. The van der Waals surface area contributed by atoms with E-state index in [0.29, 0.717) is 0 Å². The van der Waals surface area contributed by atoms with Gasteiger partial charge in [0.2, 0.25) is 0 Å². The van der Waals surface area contributed by atoms with Crippen molar-refractivity contribution in [3.8, 4) is 11.5 Å². The molecule has 1 N–H and O–H groups in total. The van der Waals surface area contributed by atoms with E-state index in [-0.39, 0.29) is 23.6 Å². The fraction of sp³-hybridized carbons (Fsp3) is 0.263. The van der Waals surface area contributed by atoms with Crippen LogP contribution >= 0.6 is 0 Å². The summed E-state index contributed by atoms with van der Waals surface area (Å²) in [5, 5.41) is 2.68. The van der Waals surface area contributed by atoms with Crippen LogP contribution in [0.3, 0.4) is 0 Å². The van der Waals surface area contributed by atoms with E-state index < -0.39 is 18.1 Å². The summed E-state index contributed by atoms with van der Waals surface area (Å²) in [6, 6.07) is 11.4. The van der Waals surface area contributed by atoms with Gasteiger partial charge in [-0.1, -0.05) is 12.1 Å². The number of halogens is 1. The Balaban J connectivity index is 1.82. The van der Waals surface area contributed by atoms with E-state index in [0.717, 1.165) is 5.56 Å². The molecule has 0 aliphatic heterocycles. The molecule has 138 valence electrons. The van der Waals surface area contributed by atoms with Gasteiger partial charge in [0.25, 0.3) is 0 Å². The third-order valence-electron chi connectivity index (χ3n) is 2.99. The Morgan fingerprint density at radius 2 is 1.42 bits per heavy atom. The molecular formula is C19H20FNO5. The number of hydrogen-bond acceptors (Lipinski definition) is 5. The fourth-order valence-electron chi connectivity index (χ4n) is 1.86. The highest BCUT2D eigenvalue weighted by Gasteiger charge is 2.14. The van der Waals surface area contributed by atoms with E-state index in [2.05, 4.69) is 5.32 Å². The molecule has 0 unspecified atom stereocenters. The maximum absolute atomic E-state index is 12.8. The first-order valence-corrected chi connectivity index (χ1v) is 7.90. The van der Waals surface area contributed by atoms with E-state index in [1.54, 1.807) is 24.3 Å². The Labute approximate surface area is 150 Å². The van der Waals surface area contributed by atoms with Crippen LogP contribution in [0.4, 0.5) is 14.0 Å². The molecule has 0 aliphatic carbocycles. The molecule has 0 heterocycles. The van der Waals surface area contributed by atoms with E-state index >= 15 is 0 Å². The van der Waals surface area contributed by atoms with Crippen LogP contribution in [-0.4, -0.2) is 17.8 Å². The molecule has 0 spiro atoms. The molecule has 0 radical (unpaired) electrons. The van der Waals surface area contributed by atoms with Gasteiger partial charge in [0, 0.05) is 5.54 Å². The van der Waals surface area contributed by atoms with Crippen LogP contribution < -0.4 is 14.8 Å². The molecule has 2 aromatic rings. The predicted molar refractivity (Wildman–Crippen MR) is 92.6 cm³/mol. The molecule has 0 aliphatic rings. The van der Waals surface area contributed by atoms with Crippen LogP contribution in [0.5, 0.6) is 11.5 Å². The van der Waals surface area contributed by atoms with Crippen molar-refractivity contribution in [1.82, 2.24) is 5.32 Å². The number of nitrogens with one attached hydrogen (secondary N) is 1. The van der Waals surface area contributed by atoms with Crippen molar-refractivity contribution in [3.05, 3.63) is 59.9 Å². The van der Waals surface area contributed by atoms with Crippen molar-refractivity contribution >= 4 is 12.2 Å². The lowest BCUT2D eigenvalue weighted by Gasteiger charge is -2.19. The highest BCUT2D eigenvalue weighted by molar-refractivity contribution is 5.68. The van der Waals surface area contributed by atoms with E-state index in [9.17, 15) is 14.0 Å². The molecule has 0 saturated heterocycles. The van der Waals surface area contributed by atoms with Gasteiger partial charge in [0.1, 0.15) is 23.9 Å². The molecule has 0 aromatic heterocycles. The van der Waals surface area contributed by atoms with Crippen LogP contribution in [0.25, 0.3) is 0 Å². The predicted octanol–water partition coefficient (Wildman–Crippen LogP) is 4.43. The second kappa shape index (κ2) is 8.33. The highest BCUT2D eigenvalue weighted by Crippen LogP contribution is 2.16. The summed E-state index contributed by atoms with van der Waals surface area (Å²) in [4.78, 5) is 23.3. The highest BCUT2D eigenvalue weighted by atomic mass is 19.1. The molecule has 6 nitrogen and oxygen atoms in total. The number of rotatable bonds is 4. The lowest BCUT2D eigenvalue weighted by atomic mass is 10.1. The van der Waals surface area contributed by atoms with Crippen LogP contribution in [0.2, 0.25) is 0 Å². The van der Waals surface area contributed by atoms with Crippen LogP contribution in [0, 0.1) is 5.82 Å². The summed E-state index contributed by atoms with van der Waals surface area (Å²) in [5.74, 6) is 0.00555. The van der Waals surface area contributed by atoms with Crippen molar-refractivity contribution in [2.45, 2.75) is 32.9 Å². The zero-order valence-corrected chi connectivity index (χ0v) is 14.7. The number of carbonyl (C=O) groups is 2. The standard InChI is InChI=1S/C19H20FNO5/c1-19(2,3)21-17(22)24-12-13-4-8-15(9-5-13)25-18(23)26-16-10-6-14(20)7-11-16/h4-11H,12H2,1-3H3,(H,21,22). The number of carbonyl (C=O) groups excluding carboxylic acids is 2. The minimum atomic E-state index is -0.940. The summed E-state index contributed by atoms with van der Waals surface area (Å²) in [6.07, 6.45) is -1.45. The molecule has 0 fully saturated rings. The summed E-state index contributed by atoms with van der Waals surface area (Å²) in [5.41, 5.74) is 0.355. The quantitative estimate of drug-likeness (QED) is 0.644. The van der Waals surface area contributed by atoms with Crippen molar-refractivity contribution in [3.63, 3.8) is 0 Å². The first kappa shape index (κ1) is 19.2. The van der Waals surface area contributed by atoms with Crippen LogP contribution in [-0.2, 0) is 11.3 Å². The van der Waals surface area contributed by atoms with E-state index in [4.69, 9.17) is 14.2 Å². The lowest BCUT2D eigenvalue weighted by Crippen LogP contribution is -2.40. The molecule has 0 saturated carbocycles. The second-order valence-corrected chi connectivity index (χ2v) is 6.50. The van der Waals surface area contributed by atoms with Gasteiger partial charge in [-0.2, -0.15) is 0 Å². The Morgan fingerprint density at radius 3 is 1.92 bits per heavy atom. The van der Waals surface area contributed by atoms with E-state index in [1.807, 2.05) is 20.8 Å². The Hall–Kier alpha value is -3.09. The summed E-state index contributed by atoms with van der Waals surface area (Å²) >= 11 is 0. The minimum absolute atomic E-state index is 0.0855. The van der Waals surface area contributed by atoms with Crippen LogP contribution in [0.1, 0.15) is 26.3 Å². The van der Waals surface area contributed by atoms with Crippen LogP contribution in [0.15, 0.2) is 48.5 Å². The maximum Gasteiger partial charge on any atom is 0.519 e. The lowest BCUT2D eigenvalue weighted by molar-refractivity contribution is 0.131. The van der Waals surface area contributed by atoms with Gasteiger partial charge in [0.05, 0.1) is 0 Å². The fourth-order valence-corrected chi connectivity index (χ4v) is 1.86. The zero-order chi connectivity index (χ0) is 19.2. The Bertz CT molecular complexity index is 751. The number of hydrogen-bond donors (Lipinski definition) is 1. The molecule has 2 rings (SSSR count). The number of alkyl carbamates (subject to hydrolysis) is 1. The topological polar surface area (TPSA) is 73.9 Å². The summed E-state index contributed by atoms with van der Waals surface area (Å²) < 4.78 is 27.8. The van der Waals surface area contributed by atoms with Crippen molar-refractivity contribution in [2.24, 2.45) is 0 Å². The smallest absolute Gasteiger partial charge is 0.445 e. The van der Waals surface area contributed by atoms with Gasteiger partial charge in [-0.25, -0.2) is 14.0 Å². The molecular weight excluding hydrogens is 341 g/mol. The zero-order valence-electron chi connectivity index (χ0n) is 14.7. The first-order chi connectivity index (χ1) is 12.2. The molecule has 0 bridgehead atoms. The van der Waals surface area contributed by atoms with E-state index in [1.165, 1.54) is 24.3 Å². The first-order valence-electron chi connectivity index (χ1n) is 7.90. The SMILES string of the molecule is CC(C)(C)NC(=O)OCc1ccc(OC(=O)Oc2ccc(F)cc2)cc1. The van der Waals surface area contributed by atoms with Gasteiger partial charge in [-0.3, -0.25) is 0 Å². The third-order valence-corrected chi connectivity index (χ3v) is 2.99. The van der Waals surface area contributed by atoms with Gasteiger partial charge < -0.3 is 19.5 Å². The van der Waals surface area contributed by atoms with Gasteiger partial charge in [0.15, 0.2) is 0 Å².